The topological polar surface area (TPSA) is 97.6 Å². The van der Waals surface area contributed by atoms with Gasteiger partial charge in [-0.15, -0.1) is 0 Å². The first-order chi connectivity index (χ1) is 61.7. The number of hydrogen-bond donors (Lipinski definition) is 0. The van der Waals surface area contributed by atoms with Crippen LogP contribution in [0.2, 0.25) is 0 Å². The van der Waals surface area contributed by atoms with Crippen LogP contribution >= 0.6 is 0 Å². The number of aromatic nitrogens is 8. The lowest BCUT2D eigenvalue weighted by atomic mass is 10.0. The molecule has 0 saturated carbocycles. The van der Waals surface area contributed by atoms with Crippen molar-refractivity contribution in [3.63, 3.8) is 0 Å². The lowest BCUT2D eigenvalue weighted by Gasteiger charge is -2.12. The lowest BCUT2D eigenvalue weighted by molar-refractivity contribution is 0.669. The van der Waals surface area contributed by atoms with Crippen molar-refractivity contribution in [3.8, 4) is 45.8 Å². The van der Waals surface area contributed by atoms with Gasteiger partial charge in [0.2, 0.25) is 11.9 Å². The summed E-state index contributed by atoms with van der Waals surface area (Å²) in [5.74, 6) is 0.222. The Kier molecular flexibility index (Phi) is 8.67. The van der Waals surface area contributed by atoms with Crippen LogP contribution in [0.3, 0.4) is 0 Å². The van der Waals surface area contributed by atoms with Gasteiger partial charge in [0.05, 0.1) is 96.7 Å². The molecule has 10 nitrogen and oxygen atoms in total. The van der Waals surface area contributed by atoms with Gasteiger partial charge in [-0.05, 0) is 155 Å². The molecule has 0 unspecified atom stereocenters. The Morgan fingerprint density at radius 1 is 0.236 bits per heavy atom. The molecule has 106 heavy (non-hydrogen) atoms. The van der Waals surface area contributed by atoms with Gasteiger partial charge in [0.15, 0.2) is 0 Å². The van der Waals surface area contributed by atoms with Crippen molar-refractivity contribution in [2.75, 3.05) is 0 Å². The molecule has 16 aromatic carbocycles. The molecule has 0 aliphatic rings. The highest BCUT2D eigenvalue weighted by molar-refractivity contribution is 6.22. The van der Waals surface area contributed by atoms with Crippen molar-refractivity contribution in [2.45, 2.75) is 0 Å². The van der Waals surface area contributed by atoms with E-state index in [1.54, 1.807) is 10.6 Å². The first-order valence-corrected chi connectivity index (χ1v) is 34.1. The zero-order chi connectivity index (χ0) is 88.4. The second-order valence-electron chi connectivity index (χ2n) is 25.9. The zero-order valence-electron chi connectivity index (χ0n) is 77.0. The number of rotatable bonds is 6. The molecule has 0 aliphatic heterocycles. The fourth-order valence-electron chi connectivity index (χ4n) is 15.4. The van der Waals surface area contributed by atoms with E-state index in [2.05, 4.69) is 69.8 Å². The molecule has 0 radical (unpaired) electrons. The number of para-hydroxylation sites is 8. The number of benzene rings is 16. The second kappa shape index (κ2) is 22.5. The van der Waals surface area contributed by atoms with Crippen LogP contribution in [0.25, 0.3) is 220 Å². The van der Waals surface area contributed by atoms with Crippen molar-refractivity contribution in [1.29, 1.82) is 0 Å². The highest BCUT2D eigenvalue weighted by Gasteiger charge is 2.25. The highest BCUT2D eigenvalue weighted by atomic mass is 16.3. The van der Waals surface area contributed by atoms with Crippen LogP contribution < -0.4 is 0 Å². The van der Waals surface area contributed by atoms with Gasteiger partial charge in [0.1, 0.15) is 22.3 Å². The molecule has 0 bridgehead atoms. The van der Waals surface area contributed by atoms with Crippen molar-refractivity contribution in [2.24, 2.45) is 0 Å². The van der Waals surface area contributed by atoms with E-state index in [1.807, 2.05) is 144 Å². The molecular weight excluding hydrogens is 1300 g/mol. The van der Waals surface area contributed by atoms with Crippen molar-refractivity contribution < 1.29 is 39.0 Å². The van der Waals surface area contributed by atoms with Crippen LogP contribution in [0.5, 0.6) is 0 Å². The Bertz CT molecular complexity index is 9270. The van der Waals surface area contributed by atoms with E-state index >= 15 is 0 Å². The van der Waals surface area contributed by atoms with Crippen molar-refractivity contribution >= 4 is 174 Å². The Morgan fingerprint density at radius 2 is 0.594 bits per heavy atom. The summed E-state index contributed by atoms with van der Waals surface area (Å²) in [5, 5.41) is 6.64. The number of furan rings is 2. The molecule has 0 aliphatic carbocycles. The largest absolute Gasteiger partial charge is 0.456 e. The summed E-state index contributed by atoms with van der Waals surface area (Å²) in [6.07, 6.45) is 0. The molecule has 24 rings (SSSR count). The summed E-state index contributed by atoms with van der Waals surface area (Å²) < 4.78 is 217. The second-order valence-corrected chi connectivity index (χ2v) is 25.9. The maximum Gasteiger partial charge on any atom is 0.235 e. The van der Waals surface area contributed by atoms with E-state index in [9.17, 15) is 8.22 Å². The van der Waals surface area contributed by atoms with Gasteiger partial charge in [-0.1, -0.05) is 206 Å². The highest BCUT2D eigenvalue weighted by Crippen LogP contribution is 2.45. The van der Waals surface area contributed by atoms with Crippen LogP contribution in [-0.4, -0.2) is 38.2 Å². The third-order valence-corrected chi connectivity index (χ3v) is 20.0. The van der Waals surface area contributed by atoms with Crippen LogP contribution in [-0.2, 0) is 0 Å². The van der Waals surface area contributed by atoms with Crippen LogP contribution in [0.1, 0.15) is 30.2 Å². The van der Waals surface area contributed by atoms with Gasteiger partial charge in [0.25, 0.3) is 0 Å². The summed E-state index contributed by atoms with van der Waals surface area (Å²) in [7, 11) is 0. The first kappa shape index (κ1) is 40.8. The SMILES string of the molecule is [2H]c1c([2H])c([2H])c2c(-c3c([2H])c([2H])c4c(oc5c([2H])c6c([2H])c([2H])c([2H])c([2H])c6c([2H])c54)c3[2H])nc(-n3c4ccccc4c4cc5c6ccccc6n(-c6ccccc6)c5cc43)nc2c1[2H].[2H]c1c([2H])c([2H])c2c([2H])c3c(oc4c([2H])c(-c5nc(-n6c7ccccc7c7cc8c9ccccc9n(-c9ccccc9)c8cc76)nc6ccccc56)c([2H])c([2H])c43)c([2H])c2c1[2H]. The summed E-state index contributed by atoms with van der Waals surface area (Å²) in [6.45, 7) is 0. The molecular formula is C96H56N8O2. The predicted molar refractivity (Wildman–Crippen MR) is 437 cm³/mol. The zero-order valence-corrected chi connectivity index (χ0v) is 55.0. The summed E-state index contributed by atoms with van der Waals surface area (Å²) in [4.78, 5) is 20.1. The fourth-order valence-corrected chi connectivity index (χ4v) is 15.4. The van der Waals surface area contributed by atoms with Crippen LogP contribution in [0.15, 0.2) is 348 Å². The fraction of sp³-hybridized carbons (Fsp3) is 0. The smallest absolute Gasteiger partial charge is 0.235 e. The standard InChI is InChI=1S/2C48H28N4O/c2*1-2-14-32(15-3-1)51-41-20-10-7-16-33(41)37-27-38-34-17-8-11-21-42(34)52(44(38)28-43(37)51)48-49-40-19-9-6-18-36(40)47(50-48)31-22-23-35-39-24-29-12-4-5-13-30(29)25-46(39)53-45(35)26-31/h2*1-28H/i4D,5D,6D,9D,12D,13D,18D,19D,22D,23D,24D,25D,26D;4D,5D,12D,13D,22D,23D,24D,25D,26D. The van der Waals surface area contributed by atoms with E-state index in [-0.39, 0.29) is 135 Å². The summed E-state index contributed by atoms with van der Waals surface area (Å²) in [6, 6.07) is 56.8. The predicted octanol–water partition coefficient (Wildman–Crippen LogP) is 25.1. The van der Waals surface area contributed by atoms with Gasteiger partial charge in [0, 0.05) is 97.9 Å². The molecule has 24 aromatic rings. The van der Waals surface area contributed by atoms with E-state index in [1.165, 1.54) is 0 Å². The van der Waals surface area contributed by atoms with Crippen LogP contribution in [0.4, 0.5) is 0 Å². The molecule has 0 amide bonds. The average molecular weight is 1380 g/mol. The minimum Gasteiger partial charge on any atom is -0.456 e. The monoisotopic (exact) mass is 1370 g/mol. The molecule has 0 N–H and O–H groups in total. The Balaban J connectivity index is 0.000000147. The van der Waals surface area contributed by atoms with Crippen LogP contribution in [0, 0.1) is 0 Å². The molecule has 0 spiro atoms. The summed E-state index contributed by atoms with van der Waals surface area (Å²) >= 11 is 0. The van der Waals surface area contributed by atoms with Gasteiger partial charge in [-0.25, -0.2) is 19.9 Å². The Hall–Kier alpha value is -14.5. The Morgan fingerprint density at radius 3 is 1.07 bits per heavy atom. The number of fused-ring (bicyclic) bond motifs is 22. The molecule has 8 aromatic heterocycles. The molecule has 0 atom stereocenters. The quantitative estimate of drug-likeness (QED) is 0.165. The minimum atomic E-state index is -0.620. The number of hydrogen-bond acceptors (Lipinski definition) is 6. The maximum absolute atomic E-state index is 9.66. The maximum atomic E-state index is 9.66. The molecule has 492 valence electrons. The summed E-state index contributed by atoms with van der Waals surface area (Å²) in [5.41, 5.74) is 7.64. The van der Waals surface area contributed by atoms with E-state index in [0.717, 1.165) is 87.6 Å². The molecule has 8 heterocycles. The van der Waals surface area contributed by atoms with Gasteiger partial charge in [-0.3, -0.25) is 9.13 Å². The van der Waals surface area contributed by atoms with Gasteiger partial charge in [-0.2, -0.15) is 0 Å². The van der Waals surface area contributed by atoms with E-state index in [4.69, 9.17) is 50.7 Å². The average Bonchev–Trinajstić information content (AvgIpc) is 1.52. The van der Waals surface area contributed by atoms with Crippen molar-refractivity contribution in [1.82, 2.24) is 38.2 Å². The third-order valence-electron chi connectivity index (χ3n) is 20.0. The lowest BCUT2D eigenvalue weighted by Crippen LogP contribution is -2.03. The van der Waals surface area contributed by atoms with E-state index in [0.29, 0.717) is 21.9 Å². The molecule has 0 fully saturated rings. The minimum absolute atomic E-state index is 0.0133. The first-order valence-electron chi connectivity index (χ1n) is 45.1. The molecule has 10 heteroatoms. The third kappa shape index (κ3) is 8.73. The van der Waals surface area contributed by atoms with Gasteiger partial charge >= 0.3 is 0 Å². The van der Waals surface area contributed by atoms with Crippen molar-refractivity contribution in [3.05, 3.63) is 339 Å². The molecule has 0 saturated heterocycles. The Labute approximate surface area is 634 Å². The normalized spacial score (nSPS) is 15.1. The van der Waals surface area contributed by atoms with E-state index < -0.39 is 109 Å². The van der Waals surface area contributed by atoms with Gasteiger partial charge < -0.3 is 18.0 Å². The number of nitrogens with zero attached hydrogens (tertiary/aromatic N) is 8.